The standard InChI is InChI=1S/C20H23N3O4S/c1-14-17(15-5-3-2-4-6-15)18-19(28-14)22-13-23(20(18)26)9-7-16(25)21-8-11-27-12-10-24/h2-6,13,24H,7-12H2,1H3,(H,21,25). The molecule has 0 aliphatic rings. The number of hydrogen-bond acceptors (Lipinski definition) is 6. The fourth-order valence-electron chi connectivity index (χ4n) is 2.99. The highest BCUT2D eigenvalue weighted by Crippen LogP contribution is 2.35. The lowest BCUT2D eigenvalue weighted by molar-refractivity contribution is -0.121. The van der Waals surface area contributed by atoms with Crippen LogP contribution in [0, 0.1) is 6.92 Å². The monoisotopic (exact) mass is 401 g/mol. The molecule has 3 rings (SSSR count). The van der Waals surface area contributed by atoms with Crippen molar-refractivity contribution in [1.82, 2.24) is 14.9 Å². The third-order valence-electron chi connectivity index (χ3n) is 4.30. The molecular weight excluding hydrogens is 378 g/mol. The Bertz CT molecular complexity index is 998. The zero-order valence-electron chi connectivity index (χ0n) is 15.7. The van der Waals surface area contributed by atoms with Crippen molar-refractivity contribution in [3.05, 3.63) is 51.9 Å². The van der Waals surface area contributed by atoms with Gasteiger partial charge in [-0.2, -0.15) is 0 Å². The smallest absolute Gasteiger partial charge is 0.262 e. The Kier molecular flexibility index (Phi) is 6.91. The minimum Gasteiger partial charge on any atom is -0.394 e. The Balaban J connectivity index is 1.74. The Morgan fingerprint density at radius 2 is 2.07 bits per heavy atom. The molecule has 2 heterocycles. The van der Waals surface area contributed by atoms with Gasteiger partial charge in [0.05, 0.1) is 31.5 Å². The Morgan fingerprint density at radius 1 is 1.29 bits per heavy atom. The van der Waals surface area contributed by atoms with Crippen molar-refractivity contribution in [2.24, 2.45) is 0 Å². The minimum absolute atomic E-state index is 0.0423. The van der Waals surface area contributed by atoms with E-state index in [0.717, 1.165) is 16.0 Å². The normalized spacial score (nSPS) is 11.1. The number of amides is 1. The lowest BCUT2D eigenvalue weighted by atomic mass is 10.0. The molecule has 0 aliphatic heterocycles. The lowest BCUT2D eigenvalue weighted by Crippen LogP contribution is -2.30. The van der Waals surface area contributed by atoms with Crippen LogP contribution >= 0.6 is 11.3 Å². The Labute approximate surface area is 166 Å². The van der Waals surface area contributed by atoms with E-state index in [0.29, 0.717) is 23.4 Å². The molecule has 0 unspecified atom stereocenters. The highest BCUT2D eigenvalue weighted by atomic mass is 32.1. The van der Waals surface area contributed by atoms with Crippen LogP contribution in [0.4, 0.5) is 0 Å². The van der Waals surface area contributed by atoms with Gasteiger partial charge in [-0.25, -0.2) is 4.98 Å². The second-order valence-corrected chi connectivity index (χ2v) is 7.46. The summed E-state index contributed by atoms with van der Waals surface area (Å²) < 4.78 is 6.58. The van der Waals surface area contributed by atoms with Crippen LogP contribution < -0.4 is 10.9 Å². The van der Waals surface area contributed by atoms with Crippen molar-refractivity contribution in [3.8, 4) is 11.1 Å². The molecule has 0 fully saturated rings. The molecular formula is C20H23N3O4S. The quantitative estimate of drug-likeness (QED) is 0.535. The van der Waals surface area contributed by atoms with Crippen LogP contribution in [0.5, 0.6) is 0 Å². The number of fused-ring (bicyclic) bond motifs is 1. The molecule has 2 N–H and O–H groups in total. The van der Waals surface area contributed by atoms with E-state index in [1.165, 1.54) is 22.2 Å². The number of rotatable bonds is 9. The number of nitrogens with one attached hydrogen (secondary N) is 1. The number of aliphatic hydroxyl groups is 1. The number of aromatic nitrogens is 2. The zero-order chi connectivity index (χ0) is 19.9. The number of aliphatic hydroxyl groups excluding tert-OH is 1. The van der Waals surface area contributed by atoms with Crippen LogP contribution in [-0.4, -0.2) is 46.9 Å². The molecule has 0 bridgehead atoms. The van der Waals surface area contributed by atoms with Gasteiger partial charge in [0.25, 0.3) is 5.56 Å². The number of thiophene rings is 1. The van der Waals surface area contributed by atoms with Crippen molar-refractivity contribution >= 4 is 27.5 Å². The number of ether oxygens (including phenoxy) is 1. The number of aryl methyl sites for hydroxylation is 2. The van der Waals surface area contributed by atoms with Crippen LogP contribution in [0.15, 0.2) is 41.5 Å². The summed E-state index contributed by atoms with van der Waals surface area (Å²) in [5.74, 6) is -0.163. The number of hydrogen-bond donors (Lipinski definition) is 2. The molecule has 0 spiro atoms. The zero-order valence-corrected chi connectivity index (χ0v) is 16.5. The van der Waals surface area contributed by atoms with Crippen molar-refractivity contribution in [2.45, 2.75) is 19.9 Å². The largest absolute Gasteiger partial charge is 0.394 e. The lowest BCUT2D eigenvalue weighted by Gasteiger charge is -2.08. The first-order valence-electron chi connectivity index (χ1n) is 9.11. The molecule has 148 valence electrons. The summed E-state index contributed by atoms with van der Waals surface area (Å²) in [5.41, 5.74) is 1.77. The molecule has 0 saturated carbocycles. The fourth-order valence-corrected chi connectivity index (χ4v) is 3.99. The first-order chi connectivity index (χ1) is 13.6. The second kappa shape index (κ2) is 9.59. The molecule has 1 amide bonds. The summed E-state index contributed by atoms with van der Waals surface area (Å²) in [6.45, 7) is 3.17. The van der Waals surface area contributed by atoms with E-state index in [1.54, 1.807) is 0 Å². The first-order valence-corrected chi connectivity index (χ1v) is 9.92. The van der Waals surface area contributed by atoms with Gasteiger partial charge < -0.3 is 15.2 Å². The maximum absolute atomic E-state index is 13.0. The van der Waals surface area contributed by atoms with Gasteiger partial charge >= 0.3 is 0 Å². The molecule has 8 heteroatoms. The van der Waals surface area contributed by atoms with E-state index in [4.69, 9.17) is 9.84 Å². The summed E-state index contributed by atoms with van der Waals surface area (Å²) in [5, 5.41) is 12.0. The van der Waals surface area contributed by atoms with E-state index < -0.39 is 0 Å². The van der Waals surface area contributed by atoms with Gasteiger partial charge in [-0.1, -0.05) is 30.3 Å². The van der Waals surface area contributed by atoms with E-state index in [1.807, 2.05) is 37.3 Å². The molecule has 28 heavy (non-hydrogen) atoms. The van der Waals surface area contributed by atoms with E-state index in [-0.39, 0.29) is 37.6 Å². The van der Waals surface area contributed by atoms with Gasteiger partial charge in [0.1, 0.15) is 4.83 Å². The summed E-state index contributed by atoms with van der Waals surface area (Å²) in [6, 6.07) is 9.80. The number of benzene rings is 1. The van der Waals surface area contributed by atoms with Gasteiger partial charge in [0.15, 0.2) is 0 Å². The van der Waals surface area contributed by atoms with Gasteiger partial charge in [-0.15, -0.1) is 11.3 Å². The highest BCUT2D eigenvalue weighted by Gasteiger charge is 2.17. The summed E-state index contributed by atoms with van der Waals surface area (Å²) in [7, 11) is 0. The molecule has 0 atom stereocenters. The number of nitrogens with zero attached hydrogens (tertiary/aromatic N) is 2. The minimum atomic E-state index is -0.163. The first kappa shape index (κ1) is 20.2. The Morgan fingerprint density at radius 3 is 2.82 bits per heavy atom. The van der Waals surface area contributed by atoms with Crippen LogP contribution in [0.25, 0.3) is 21.3 Å². The van der Waals surface area contributed by atoms with Crippen LogP contribution in [0.2, 0.25) is 0 Å². The molecule has 0 saturated heterocycles. The molecule has 7 nitrogen and oxygen atoms in total. The highest BCUT2D eigenvalue weighted by molar-refractivity contribution is 7.19. The predicted octanol–water partition coefficient (Wildman–Crippen LogP) is 1.95. The van der Waals surface area contributed by atoms with Crippen molar-refractivity contribution in [3.63, 3.8) is 0 Å². The molecule has 1 aromatic carbocycles. The maximum Gasteiger partial charge on any atom is 0.262 e. The van der Waals surface area contributed by atoms with E-state index >= 15 is 0 Å². The van der Waals surface area contributed by atoms with Crippen molar-refractivity contribution < 1.29 is 14.6 Å². The SMILES string of the molecule is Cc1sc2ncn(CCC(=O)NCCOCCO)c(=O)c2c1-c1ccccc1. The predicted molar refractivity (Wildman–Crippen MR) is 110 cm³/mol. The second-order valence-electron chi connectivity index (χ2n) is 6.26. The average molecular weight is 401 g/mol. The Hall–Kier alpha value is -2.55. The van der Waals surface area contributed by atoms with Gasteiger partial charge in [0.2, 0.25) is 5.91 Å². The van der Waals surface area contributed by atoms with Crippen molar-refractivity contribution in [2.75, 3.05) is 26.4 Å². The molecule has 3 aromatic rings. The number of carbonyl (C=O) groups is 1. The van der Waals surface area contributed by atoms with E-state index in [9.17, 15) is 9.59 Å². The van der Waals surface area contributed by atoms with Gasteiger partial charge in [-0.05, 0) is 12.5 Å². The van der Waals surface area contributed by atoms with E-state index in [2.05, 4.69) is 10.3 Å². The molecule has 0 aliphatic carbocycles. The summed E-state index contributed by atoms with van der Waals surface area (Å²) in [6.07, 6.45) is 1.68. The third-order valence-corrected chi connectivity index (χ3v) is 5.31. The summed E-state index contributed by atoms with van der Waals surface area (Å²) >= 11 is 1.50. The van der Waals surface area contributed by atoms with Gasteiger partial charge in [-0.3, -0.25) is 14.2 Å². The number of carbonyl (C=O) groups excluding carboxylic acids is 1. The van der Waals surface area contributed by atoms with Crippen LogP contribution in [-0.2, 0) is 16.1 Å². The van der Waals surface area contributed by atoms with Gasteiger partial charge in [0, 0.05) is 30.0 Å². The van der Waals surface area contributed by atoms with Crippen LogP contribution in [0.3, 0.4) is 0 Å². The average Bonchev–Trinajstić information content (AvgIpc) is 3.04. The fraction of sp³-hybridized carbons (Fsp3) is 0.350. The van der Waals surface area contributed by atoms with Crippen molar-refractivity contribution in [1.29, 1.82) is 0 Å². The summed E-state index contributed by atoms with van der Waals surface area (Å²) in [4.78, 5) is 31.2. The molecule has 2 aromatic heterocycles. The van der Waals surface area contributed by atoms with Crippen LogP contribution in [0.1, 0.15) is 11.3 Å². The maximum atomic E-state index is 13.0. The molecule has 0 radical (unpaired) electrons. The topological polar surface area (TPSA) is 93.5 Å². The third kappa shape index (κ3) is 4.64.